The van der Waals surface area contributed by atoms with E-state index in [2.05, 4.69) is 5.10 Å². The third-order valence-electron chi connectivity index (χ3n) is 5.73. The fourth-order valence-corrected chi connectivity index (χ4v) is 3.96. The van der Waals surface area contributed by atoms with E-state index >= 15 is 0 Å². The molecule has 0 saturated carbocycles. The summed E-state index contributed by atoms with van der Waals surface area (Å²) in [6, 6.07) is 27.9. The van der Waals surface area contributed by atoms with Crippen molar-refractivity contribution in [3.05, 3.63) is 141 Å². The van der Waals surface area contributed by atoms with Crippen LogP contribution in [0, 0.1) is 10.1 Å². The standard InChI is InChI=1S/C29H18ClN3O5/c30-22-12-10-20(11-13-22)29(35)38-26-9-5-4-8-21(26)18-25-27(19-6-2-1-3-7-19)31-32(28(25)34)23-14-16-24(17-15-23)33(36)37/h1-18H/b25-18+. The molecule has 1 aliphatic heterocycles. The third kappa shape index (κ3) is 5.07. The third-order valence-corrected chi connectivity index (χ3v) is 5.98. The first-order valence-corrected chi connectivity index (χ1v) is 11.8. The second kappa shape index (κ2) is 10.5. The van der Waals surface area contributed by atoms with Gasteiger partial charge in [-0.15, -0.1) is 0 Å². The molecule has 1 amide bonds. The van der Waals surface area contributed by atoms with Crippen LogP contribution in [0.1, 0.15) is 21.5 Å². The van der Waals surface area contributed by atoms with Gasteiger partial charge in [0.25, 0.3) is 11.6 Å². The molecular formula is C29H18ClN3O5. The predicted molar refractivity (Wildman–Crippen MR) is 144 cm³/mol. The molecule has 9 heteroatoms. The lowest BCUT2D eigenvalue weighted by Crippen LogP contribution is -2.21. The smallest absolute Gasteiger partial charge is 0.343 e. The van der Waals surface area contributed by atoms with E-state index in [1.54, 1.807) is 54.6 Å². The topological polar surface area (TPSA) is 102 Å². The molecule has 1 heterocycles. The van der Waals surface area contributed by atoms with Crippen LogP contribution in [0.15, 0.2) is 114 Å². The Morgan fingerprint density at radius 2 is 1.55 bits per heavy atom. The highest BCUT2D eigenvalue weighted by Gasteiger charge is 2.32. The van der Waals surface area contributed by atoms with Crippen molar-refractivity contribution in [3.63, 3.8) is 0 Å². The summed E-state index contributed by atoms with van der Waals surface area (Å²) in [7, 11) is 0. The van der Waals surface area contributed by atoms with E-state index in [1.807, 2.05) is 30.3 Å². The first-order chi connectivity index (χ1) is 18.4. The minimum absolute atomic E-state index is 0.0974. The van der Waals surface area contributed by atoms with Gasteiger partial charge in [-0.2, -0.15) is 10.1 Å². The van der Waals surface area contributed by atoms with Crippen molar-refractivity contribution in [1.29, 1.82) is 0 Å². The zero-order chi connectivity index (χ0) is 26.6. The number of hydrogen-bond donors (Lipinski definition) is 0. The zero-order valence-corrected chi connectivity index (χ0v) is 20.4. The average molecular weight is 524 g/mol. The number of carbonyl (C=O) groups is 2. The number of amides is 1. The van der Waals surface area contributed by atoms with E-state index in [0.29, 0.717) is 33.1 Å². The van der Waals surface area contributed by atoms with Gasteiger partial charge in [0.2, 0.25) is 0 Å². The second-order valence-electron chi connectivity index (χ2n) is 8.20. The lowest BCUT2D eigenvalue weighted by molar-refractivity contribution is -0.384. The highest BCUT2D eigenvalue weighted by molar-refractivity contribution is 6.37. The number of benzene rings is 4. The van der Waals surface area contributed by atoms with Gasteiger partial charge in [-0.1, -0.05) is 60.1 Å². The first-order valence-electron chi connectivity index (χ1n) is 11.4. The Hall–Kier alpha value is -5.08. The molecule has 1 aliphatic rings. The van der Waals surface area contributed by atoms with Gasteiger partial charge >= 0.3 is 5.97 Å². The number of ether oxygens (including phenoxy) is 1. The van der Waals surface area contributed by atoms with Gasteiger partial charge in [-0.05, 0) is 48.5 Å². The Kier molecular flexibility index (Phi) is 6.80. The number of rotatable bonds is 6. The molecule has 4 aromatic carbocycles. The molecule has 0 N–H and O–H groups in total. The van der Waals surface area contributed by atoms with E-state index in [0.717, 1.165) is 0 Å². The number of nitro benzene ring substituents is 1. The molecule has 0 fully saturated rings. The molecule has 0 spiro atoms. The maximum Gasteiger partial charge on any atom is 0.343 e. The molecule has 0 aromatic heterocycles. The molecule has 0 atom stereocenters. The number of anilines is 1. The van der Waals surface area contributed by atoms with Crippen LogP contribution in [-0.4, -0.2) is 22.5 Å². The number of hydrogen-bond acceptors (Lipinski definition) is 6. The molecule has 8 nitrogen and oxygen atoms in total. The Morgan fingerprint density at radius 3 is 2.24 bits per heavy atom. The Morgan fingerprint density at radius 1 is 0.895 bits per heavy atom. The number of nitrogens with zero attached hydrogens (tertiary/aromatic N) is 3. The van der Waals surface area contributed by atoms with Gasteiger partial charge in [-0.3, -0.25) is 14.9 Å². The molecule has 186 valence electrons. The number of non-ortho nitro benzene ring substituents is 1. The molecule has 0 saturated heterocycles. The molecule has 5 rings (SSSR count). The SMILES string of the molecule is O=C(Oc1ccccc1/C=C1/C(=O)N(c2ccc([N+](=O)[O-])cc2)N=C1c1ccccc1)c1ccc(Cl)cc1. The maximum atomic E-state index is 13.6. The van der Waals surface area contributed by atoms with Crippen LogP contribution in [-0.2, 0) is 4.79 Å². The molecule has 0 radical (unpaired) electrons. The highest BCUT2D eigenvalue weighted by Crippen LogP contribution is 2.31. The minimum Gasteiger partial charge on any atom is -0.422 e. The van der Waals surface area contributed by atoms with Crippen LogP contribution in [0.25, 0.3) is 6.08 Å². The van der Waals surface area contributed by atoms with E-state index in [9.17, 15) is 19.7 Å². The van der Waals surface area contributed by atoms with Crippen LogP contribution in [0.3, 0.4) is 0 Å². The Bertz CT molecular complexity index is 1600. The van der Waals surface area contributed by atoms with Gasteiger partial charge in [0.15, 0.2) is 0 Å². The summed E-state index contributed by atoms with van der Waals surface area (Å²) < 4.78 is 5.65. The van der Waals surface area contributed by atoms with E-state index < -0.39 is 16.8 Å². The molecular weight excluding hydrogens is 506 g/mol. The van der Waals surface area contributed by atoms with Gasteiger partial charge in [0, 0.05) is 28.3 Å². The molecule has 38 heavy (non-hydrogen) atoms. The zero-order valence-electron chi connectivity index (χ0n) is 19.7. The summed E-state index contributed by atoms with van der Waals surface area (Å²) in [6.07, 6.45) is 1.62. The quantitative estimate of drug-likeness (QED) is 0.0969. The van der Waals surface area contributed by atoms with Crippen LogP contribution >= 0.6 is 11.6 Å². The van der Waals surface area contributed by atoms with E-state index in [4.69, 9.17) is 16.3 Å². The number of esters is 1. The average Bonchev–Trinajstić information content (AvgIpc) is 3.26. The van der Waals surface area contributed by atoms with Gasteiger partial charge < -0.3 is 4.74 Å². The summed E-state index contributed by atoms with van der Waals surface area (Å²) in [5.74, 6) is -0.750. The summed E-state index contributed by atoms with van der Waals surface area (Å²) in [6.45, 7) is 0. The molecule has 4 aromatic rings. The summed E-state index contributed by atoms with van der Waals surface area (Å²) >= 11 is 5.92. The van der Waals surface area contributed by atoms with Crippen molar-refractivity contribution >= 4 is 46.6 Å². The Labute approximate surface area is 222 Å². The summed E-state index contributed by atoms with van der Waals surface area (Å²) in [5.41, 5.74) is 2.47. The minimum atomic E-state index is -0.574. The maximum absolute atomic E-state index is 13.6. The van der Waals surface area contributed by atoms with Gasteiger partial charge in [-0.25, -0.2) is 4.79 Å². The molecule has 0 aliphatic carbocycles. The van der Waals surface area contributed by atoms with Crippen LogP contribution in [0.4, 0.5) is 11.4 Å². The van der Waals surface area contributed by atoms with E-state index in [1.165, 1.54) is 29.3 Å². The number of para-hydroxylation sites is 1. The fourth-order valence-electron chi connectivity index (χ4n) is 3.84. The van der Waals surface area contributed by atoms with Gasteiger partial charge in [0.1, 0.15) is 11.5 Å². The van der Waals surface area contributed by atoms with Crippen molar-refractivity contribution in [2.24, 2.45) is 5.10 Å². The van der Waals surface area contributed by atoms with Crippen LogP contribution in [0.2, 0.25) is 5.02 Å². The monoisotopic (exact) mass is 523 g/mol. The van der Waals surface area contributed by atoms with Crippen LogP contribution in [0.5, 0.6) is 5.75 Å². The van der Waals surface area contributed by atoms with Crippen molar-refractivity contribution in [3.8, 4) is 5.75 Å². The predicted octanol–water partition coefficient (Wildman–Crippen LogP) is 6.30. The normalized spacial score (nSPS) is 13.9. The second-order valence-corrected chi connectivity index (χ2v) is 8.63. The fraction of sp³-hybridized carbons (Fsp3) is 0. The number of carbonyl (C=O) groups excluding carboxylic acids is 2. The van der Waals surface area contributed by atoms with E-state index in [-0.39, 0.29) is 17.0 Å². The van der Waals surface area contributed by atoms with Crippen molar-refractivity contribution in [2.45, 2.75) is 0 Å². The molecule has 0 bridgehead atoms. The molecule has 0 unspecified atom stereocenters. The summed E-state index contributed by atoms with van der Waals surface area (Å²) in [4.78, 5) is 36.9. The van der Waals surface area contributed by atoms with Crippen molar-refractivity contribution in [1.82, 2.24) is 0 Å². The van der Waals surface area contributed by atoms with Crippen molar-refractivity contribution in [2.75, 3.05) is 5.01 Å². The lowest BCUT2D eigenvalue weighted by atomic mass is 10.00. The van der Waals surface area contributed by atoms with Crippen LogP contribution < -0.4 is 9.75 Å². The number of hydrazone groups is 1. The Balaban J connectivity index is 1.53. The van der Waals surface area contributed by atoms with Gasteiger partial charge in [0.05, 0.1) is 21.7 Å². The summed E-state index contributed by atoms with van der Waals surface area (Å²) in [5, 5.41) is 17.3. The number of nitro groups is 1. The van der Waals surface area contributed by atoms with Crippen molar-refractivity contribution < 1.29 is 19.2 Å². The highest BCUT2D eigenvalue weighted by atomic mass is 35.5. The lowest BCUT2D eigenvalue weighted by Gasteiger charge is -2.11. The number of halogens is 1. The largest absolute Gasteiger partial charge is 0.422 e. The first kappa shape index (κ1) is 24.6.